The van der Waals surface area contributed by atoms with Crippen LogP contribution in [0, 0.1) is 6.92 Å². The fourth-order valence-corrected chi connectivity index (χ4v) is 4.33. The number of anilines is 1. The minimum atomic E-state index is -0.443. The summed E-state index contributed by atoms with van der Waals surface area (Å²) < 4.78 is 10.7. The molecule has 34 heavy (non-hydrogen) atoms. The van der Waals surface area contributed by atoms with Crippen LogP contribution in [0.2, 0.25) is 0 Å². The molecule has 0 bridgehead atoms. The standard InChI is InChI=1S/C26H31N3O5/c1-3-14-33-23(30)8-7-19-16-20-18(2)15-24(31)34-26(20)21(25(19)32)17-28-10-12-29(13-11-28)22-6-4-5-9-27-22/h4-6,9,15-16,32H,3,7-8,10-14,17H2,1-2H3. The monoisotopic (exact) mass is 465 g/mol. The molecule has 1 aromatic carbocycles. The highest BCUT2D eigenvalue weighted by Crippen LogP contribution is 2.34. The fraction of sp³-hybridized carbons (Fsp3) is 0.423. The molecule has 1 saturated heterocycles. The van der Waals surface area contributed by atoms with Gasteiger partial charge in [-0.15, -0.1) is 0 Å². The van der Waals surface area contributed by atoms with Gasteiger partial charge in [0.2, 0.25) is 0 Å². The lowest BCUT2D eigenvalue weighted by atomic mass is 9.98. The number of fused-ring (bicyclic) bond motifs is 1. The van der Waals surface area contributed by atoms with Crippen LogP contribution >= 0.6 is 0 Å². The molecule has 3 heterocycles. The third-order valence-electron chi connectivity index (χ3n) is 6.18. The molecule has 1 N–H and O–H groups in total. The van der Waals surface area contributed by atoms with Crippen molar-refractivity contribution in [3.8, 4) is 5.75 Å². The van der Waals surface area contributed by atoms with Crippen LogP contribution in [-0.2, 0) is 22.5 Å². The topological polar surface area (TPSA) is 96.1 Å². The highest BCUT2D eigenvalue weighted by atomic mass is 16.5. The van der Waals surface area contributed by atoms with Gasteiger partial charge in [-0.25, -0.2) is 9.78 Å². The molecule has 180 valence electrons. The predicted octanol–water partition coefficient (Wildman–Crippen LogP) is 3.41. The third-order valence-corrected chi connectivity index (χ3v) is 6.18. The summed E-state index contributed by atoms with van der Waals surface area (Å²) in [5, 5.41) is 11.9. The van der Waals surface area contributed by atoms with Crippen molar-refractivity contribution in [1.29, 1.82) is 0 Å². The first-order valence-electron chi connectivity index (χ1n) is 11.8. The lowest BCUT2D eigenvalue weighted by Gasteiger charge is -2.35. The first-order chi connectivity index (χ1) is 16.5. The van der Waals surface area contributed by atoms with E-state index in [9.17, 15) is 14.7 Å². The minimum absolute atomic E-state index is 0.0803. The average molecular weight is 466 g/mol. The molecule has 0 spiro atoms. The second-order valence-electron chi connectivity index (χ2n) is 8.66. The SMILES string of the molecule is CCCOC(=O)CCc1cc2c(C)cc(=O)oc2c(CN2CCN(c3ccccn3)CC2)c1O. The number of carbonyl (C=O) groups is 1. The summed E-state index contributed by atoms with van der Waals surface area (Å²) in [5.74, 6) is 0.746. The first kappa shape index (κ1) is 23.8. The molecule has 0 radical (unpaired) electrons. The normalized spacial score (nSPS) is 14.5. The van der Waals surface area contributed by atoms with Gasteiger partial charge in [0.15, 0.2) is 0 Å². The number of carbonyl (C=O) groups excluding carboxylic acids is 1. The maximum Gasteiger partial charge on any atom is 0.336 e. The van der Waals surface area contributed by atoms with E-state index in [0.29, 0.717) is 36.3 Å². The lowest BCUT2D eigenvalue weighted by Crippen LogP contribution is -2.46. The number of aromatic nitrogens is 1. The molecule has 8 heteroatoms. The van der Waals surface area contributed by atoms with Crippen molar-refractivity contribution < 1.29 is 19.1 Å². The zero-order chi connectivity index (χ0) is 24.1. The molecular weight excluding hydrogens is 434 g/mol. The Morgan fingerprint density at radius 1 is 1.21 bits per heavy atom. The summed E-state index contributed by atoms with van der Waals surface area (Å²) in [6.45, 7) is 7.80. The number of hydrogen-bond acceptors (Lipinski definition) is 8. The summed E-state index contributed by atoms with van der Waals surface area (Å²) in [6, 6.07) is 9.15. The molecule has 0 atom stereocenters. The van der Waals surface area contributed by atoms with Gasteiger partial charge in [-0.1, -0.05) is 13.0 Å². The number of esters is 1. The van der Waals surface area contributed by atoms with E-state index in [1.807, 2.05) is 38.1 Å². The number of phenols is 1. The van der Waals surface area contributed by atoms with Crippen LogP contribution in [0.5, 0.6) is 5.75 Å². The van der Waals surface area contributed by atoms with Crippen molar-refractivity contribution in [1.82, 2.24) is 9.88 Å². The summed E-state index contributed by atoms with van der Waals surface area (Å²) in [6.07, 6.45) is 3.09. The Hall–Kier alpha value is -3.39. The molecule has 0 saturated carbocycles. The number of hydrogen-bond donors (Lipinski definition) is 1. The summed E-state index contributed by atoms with van der Waals surface area (Å²) in [7, 11) is 0. The number of phenolic OH excluding ortho intramolecular Hbond substituents is 1. The Bertz CT molecular complexity index is 1200. The van der Waals surface area contributed by atoms with E-state index < -0.39 is 5.63 Å². The zero-order valence-electron chi connectivity index (χ0n) is 19.7. The minimum Gasteiger partial charge on any atom is -0.507 e. The fourth-order valence-electron chi connectivity index (χ4n) is 4.33. The van der Waals surface area contributed by atoms with Gasteiger partial charge in [0.25, 0.3) is 0 Å². The molecule has 0 aliphatic carbocycles. The quantitative estimate of drug-likeness (QED) is 0.399. The number of ether oxygens (including phenoxy) is 1. The van der Waals surface area contributed by atoms with Crippen molar-refractivity contribution in [2.24, 2.45) is 0 Å². The van der Waals surface area contributed by atoms with Crippen molar-refractivity contribution in [3.05, 3.63) is 63.6 Å². The number of aromatic hydroxyl groups is 1. The summed E-state index contributed by atoms with van der Waals surface area (Å²) >= 11 is 0. The van der Waals surface area contributed by atoms with Gasteiger partial charge in [0.05, 0.1) is 12.2 Å². The van der Waals surface area contributed by atoms with Crippen LogP contribution in [0.25, 0.3) is 11.0 Å². The van der Waals surface area contributed by atoms with Gasteiger partial charge in [-0.2, -0.15) is 0 Å². The summed E-state index contributed by atoms with van der Waals surface area (Å²) in [4.78, 5) is 33.0. The van der Waals surface area contributed by atoms with Crippen LogP contribution in [0.3, 0.4) is 0 Å². The predicted molar refractivity (Wildman–Crippen MR) is 130 cm³/mol. The lowest BCUT2D eigenvalue weighted by molar-refractivity contribution is -0.143. The number of aryl methyl sites for hydroxylation is 2. The molecule has 8 nitrogen and oxygen atoms in total. The average Bonchev–Trinajstić information content (AvgIpc) is 2.84. The highest BCUT2D eigenvalue weighted by molar-refractivity contribution is 5.86. The smallest absolute Gasteiger partial charge is 0.336 e. The summed E-state index contributed by atoms with van der Waals surface area (Å²) in [5.41, 5.74) is 1.98. The van der Waals surface area contributed by atoms with E-state index in [1.54, 1.807) is 6.20 Å². The molecule has 4 rings (SSSR count). The second kappa shape index (κ2) is 10.7. The zero-order valence-corrected chi connectivity index (χ0v) is 19.7. The molecule has 0 amide bonds. The molecule has 1 fully saturated rings. The number of nitrogens with zero attached hydrogens (tertiary/aromatic N) is 3. The molecule has 2 aromatic heterocycles. The van der Waals surface area contributed by atoms with Gasteiger partial charge >= 0.3 is 11.6 Å². The van der Waals surface area contributed by atoms with Gasteiger partial charge in [-0.3, -0.25) is 9.69 Å². The van der Waals surface area contributed by atoms with Gasteiger partial charge < -0.3 is 19.2 Å². The van der Waals surface area contributed by atoms with Crippen molar-refractivity contribution in [2.45, 2.75) is 39.7 Å². The molecule has 3 aromatic rings. The third kappa shape index (κ3) is 5.39. The molecule has 1 aliphatic rings. The number of pyridine rings is 1. The van der Waals surface area contributed by atoms with Crippen molar-refractivity contribution in [3.63, 3.8) is 0 Å². The Balaban J connectivity index is 1.57. The van der Waals surface area contributed by atoms with Crippen LogP contribution in [-0.4, -0.2) is 53.7 Å². The van der Waals surface area contributed by atoms with E-state index in [2.05, 4.69) is 14.8 Å². The number of piperazine rings is 1. The highest BCUT2D eigenvalue weighted by Gasteiger charge is 2.23. The van der Waals surface area contributed by atoms with Gasteiger partial charge in [0, 0.05) is 56.8 Å². The molecular formula is C26H31N3O5. The van der Waals surface area contributed by atoms with E-state index >= 15 is 0 Å². The van der Waals surface area contributed by atoms with Gasteiger partial charge in [-0.05, 0) is 49.1 Å². The van der Waals surface area contributed by atoms with E-state index in [1.165, 1.54) is 6.07 Å². The maximum absolute atomic E-state index is 12.1. The van der Waals surface area contributed by atoms with Crippen LogP contribution in [0.4, 0.5) is 5.82 Å². The Kier molecular flexibility index (Phi) is 7.47. The molecule has 1 aliphatic heterocycles. The van der Waals surface area contributed by atoms with Crippen LogP contribution in [0.1, 0.15) is 36.5 Å². The Morgan fingerprint density at radius 2 is 2.00 bits per heavy atom. The Labute approximate surface area is 198 Å². The van der Waals surface area contributed by atoms with Crippen LogP contribution < -0.4 is 10.5 Å². The van der Waals surface area contributed by atoms with Crippen LogP contribution in [0.15, 0.2) is 45.7 Å². The van der Waals surface area contributed by atoms with Crippen molar-refractivity contribution >= 4 is 22.8 Å². The second-order valence-corrected chi connectivity index (χ2v) is 8.66. The number of rotatable bonds is 8. The maximum atomic E-state index is 12.1. The van der Waals surface area contributed by atoms with E-state index in [-0.39, 0.29) is 18.1 Å². The van der Waals surface area contributed by atoms with E-state index in [0.717, 1.165) is 49.4 Å². The van der Waals surface area contributed by atoms with Crippen molar-refractivity contribution in [2.75, 3.05) is 37.7 Å². The molecule has 0 unspecified atom stereocenters. The largest absolute Gasteiger partial charge is 0.507 e. The Morgan fingerprint density at radius 3 is 2.71 bits per heavy atom. The first-order valence-corrected chi connectivity index (χ1v) is 11.8. The van der Waals surface area contributed by atoms with Gasteiger partial charge in [0.1, 0.15) is 17.2 Å². The van der Waals surface area contributed by atoms with E-state index in [4.69, 9.17) is 9.15 Å². The number of benzene rings is 1.